The van der Waals surface area contributed by atoms with Crippen LogP contribution >= 0.6 is 0 Å². The van der Waals surface area contributed by atoms with E-state index in [4.69, 9.17) is 14.2 Å². The number of hydrogen-bond acceptors (Lipinski definition) is 8. The molecule has 182 valence electrons. The van der Waals surface area contributed by atoms with Crippen LogP contribution in [0.1, 0.15) is 27.3 Å². The molecule has 3 aromatic heterocycles. The standard InChI is InChI=1S/C26H23N5O5/c1-14-18(13-27)24(32)22(15(2)31(14)3)25(33)29-16-6-8-17(9-7-16)36-20-10-11-28-19-12-21(34-4)26(35-5)30-23(19)20/h6-12H,1-5H3,(H,29,33). The van der Waals surface area contributed by atoms with E-state index < -0.39 is 11.3 Å². The van der Waals surface area contributed by atoms with Crippen LogP contribution < -0.4 is 25.0 Å². The van der Waals surface area contributed by atoms with Crippen molar-refractivity contribution in [3.05, 3.63) is 75.3 Å². The second-order valence-electron chi connectivity index (χ2n) is 7.88. The van der Waals surface area contributed by atoms with Gasteiger partial charge in [-0.2, -0.15) is 5.26 Å². The van der Waals surface area contributed by atoms with Crippen molar-refractivity contribution in [3.63, 3.8) is 0 Å². The van der Waals surface area contributed by atoms with Gasteiger partial charge in [-0.15, -0.1) is 0 Å². The van der Waals surface area contributed by atoms with Crippen molar-refractivity contribution in [3.8, 4) is 29.2 Å². The Balaban J connectivity index is 1.59. The number of rotatable bonds is 6. The molecule has 1 amide bonds. The topological polar surface area (TPSA) is 128 Å². The number of aromatic nitrogens is 3. The highest BCUT2D eigenvalue weighted by Crippen LogP contribution is 2.34. The van der Waals surface area contributed by atoms with Crippen molar-refractivity contribution in [2.75, 3.05) is 19.5 Å². The number of nitrogens with zero attached hydrogens (tertiary/aromatic N) is 4. The molecule has 0 fully saturated rings. The second-order valence-corrected chi connectivity index (χ2v) is 7.88. The van der Waals surface area contributed by atoms with Gasteiger partial charge in [0.2, 0.25) is 5.43 Å². The lowest BCUT2D eigenvalue weighted by atomic mass is 10.1. The molecule has 36 heavy (non-hydrogen) atoms. The first kappa shape index (κ1) is 24.2. The summed E-state index contributed by atoms with van der Waals surface area (Å²) in [6, 6.07) is 11.9. The third-order valence-electron chi connectivity index (χ3n) is 5.88. The van der Waals surface area contributed by atoms with E-state index in [1.807, 2.05) is 6.07 Å². The van der Waals surface area contributed by atoms with Crippen LogP contribution in [-0.2, 0) is 7.05 Å². The number of methoxy groups -OCH3 is 2. The smallest absolute Gasteiger partial charge is 0.261 e. The lowest BCUT2D eigenvalue weighted by Crippen LogP contribution is -2.29. The Morgan fingerprint density at radius 2 is 1.78 bits per heavy atom. The summed E-state index contributed by atoms with van der Waals surface area (Å²) in [7, 11) is 4.72. The molecule has 0 spiro atoms. The minimum atomic E-state index is -0.594. The summed E-state index contributed by atoms with van der Waals surface area (Å²) < 4.78 is 18.2. The number of nitriles is 1. The third kappa shape index (κ3) is 4.30. The average molecular weight is 486 g/mol. The number of nitrogens with one attached hydrogen (secondary N) is 1. The molecule has 1 aromatic carbocycles. The predicted molar refractivity (Wildman–Crippen MR) is 133 cm³/mol. The van der Waals surface area contributed by atoms with Crippen molar-refractivity contribution in [2.45, 2.75) is 13.8 Å². The summed E-state index contributed by atoms with van der Waals surface area (Å²) >= 11 is 0. The Morgan fingerprint density at radius 3 is 2.42 bits per heavy atom. The molecule has 0 aliphatic heterocycles. The van der Waals surface area contributed by atoms with Crippen LogP contribution in [0.2, 0.25) is 0 Å². The predicted octanol–water partition coefficient (Wildman–Crippen LogP) is 3.88. The summed E-state index contributed by atoms with van der Waals surface area (Å²) in [6.45, 7) is 3.33. The molecular formula is C26H23N5O5. The maximum absolute atomic E-state index is 12.9. The molecule has 0 saturated heterocycles. The fourth-order valence-electron chi connectivity index (χ4n) is 3.75. The van der Waals surface area contributed by atoms with Gasteiger partial charge in [0, 0.05) is 42.5 Å². The Bertz CT molecular complexity index is 1590. The number of amides is 1. The van der Waals surface area contributed by atoms with Crippen LogP contribution in [-0.4, -0.2) is 34.7 Å². The number of pyridine rings is 3. The number of hydrogen-bond donors (Lipinski definition) is 1. The van der Waals surface area contributed by atoms with Crippen LogP contribution in [0.3, 0.4) is 0 Å². The summed E-state index contributed by atoms with van der Waals surface area (Å²) in [6.07, 6.45) is 1.60. The normalized spacial score (nSPS) is 10.6. The summed E-state index contributed by atoms with van der Waals surface area (Å²) in [5.41, 5.74) is 1.78. The fraction of sp³-hybridized carbons (Fsp3) is 0.192. The Labute approximate surface area is 206 Å². The third-order valence-corrected chi connectivity index (χ3v) is 5.88. The molecule has 0 bridgehead atoms. The first-order valence-electron chi connectivity index (χ1n) is 10.9. The molecule has 3 heterocycles. The van der Waals surface area contributed by atoms with E-state index in [2.05, 4.69) is 15.3 Å². The number of fused-ring (bicyclic) bond motifs is 1. The zero-order valence-electron chi connectivity index (χ0n) is 20.4. The van der Waals surface area contributed by atoms with Crippen molar-refractivity contribution in [1.82, 2.24) is 14.5 Å². The average Bonchev–Trinajstić information content (AvgIpc) is 2.88. The molecule has 0 radical (unpaired) electrons. The molecule has 0 saturated carbocycles. The maximum atomic E-state index is 12.9. The fourth-order valence-corrected chi connectivity index (χ4v) is 3.75. The van der Waals surface area contributed by atoms with E-state index >= 15 is 0 Å². The summed E-state index contributed by atoms with van der Waals surface area (Å²) in [5.74, 6) is 1.11. The van der Waals surface area contributed by atoms with Crippen molar-refractivity contribution in [1.29, 1.82) is 5.26 Å². The lowest BCUT2D eigenvalue weighted by molar-refractivity contribution is 0.102. The van der Waals surface area contributed by atoms with E-state index in [1.54, 1.807) is 68.1 Å². The maximum Gasteiger partial charge on any atom is 0.261 e. The van der Waals surface area contributed by atoms with Gasteiger partial charge in [0.25, 0.3) is 11.8 Å². The Morgan fingerprint density at radius 1 is 1.06 bits per heavy atom. The van der Waals surface area contributed by atoms with Crippen molar-refractivity contribution in [2.24, 2.45) is 7.05 Å². The van der Waals surface area contributed by atoms with Crippen LogP contribution in [0.25, 0.3) is 11.0 Å². The zero-order chi connectivity index (χ0) is 26.0. The van der Waals surface area contributed by atoms with Crippen LogP contribution in [0.5, 0.6) is 23.1 Å². The number of ether oxygens (including phenoxy) is 3. The van der Waals surface area contributed by atoms with Gasteiger partial charge in [-0.1, -0.05) is 0 Å². The van der Waals surface area contributed by atoms with Gasteiger partial charge >= 0.3 is 0 Å². The SMILES string of the molecule is COc1cc2nccc(Oc3ccc(NC(=O)c4c(C)n(C)c(C)c(C#N)c4=O)cc3)c2nc1OC. The van der Waals surface area contributed by atoms with Gasteiger partial charge in [-0.05, 0) is 38.1 Å². The minimum absolute atomic E-state index is 0.0514. The Kier molecular flexibility index (Phi) is 6.56. The summed E-state index contributed by atoms with van der Waals surface area (Å²) in [4.78, 5) is 34.4. The van der Waals surface area contributed by atoms with Gasteiger partial charge in [0.1, 0.15) is 28.5 Å². The quantitative estimate of drug-likeness (QED) is 0.436. The Hall–Kier alpha value is -4.91. The molecule has 10 heteroatoms. The lowest BCUT2D eigenvalue weighted by Gasteiger charge is -2.15. The molecule has 0 aliphatic carbocycles. The highest BCUT2D eigenvalue weighted by Gasteiger charge is 2.21. The molecule has 0 aliphatic rings. The van der Waals surface area contributed by atoms with E-state index in [0.717, 1.165) is 0 Å². The molecule has 4 aromatic rings. The van der Waals surface area contributed by atoms with Gasteiger partial charge in [0.15, 0.2) is 11.5 Å². The molecule has 10 nitrogen and oxygen atoms in total. The van der Waals surface area contributed by atoms with E-state index in [0.29, 0.717) is 51.2 Å². The number of carbonyl (C=O) groups is 1. The summed E-state index contributed by atoms with van der Waals surface area (Å²) in [5, 5.41) is 12.1. The first-order valence-corrected chi connectivity index (χ1v) is 10.9. The van der Waals surface area contributed by atoms with Crippen LogP contribution in [0.15, 0.2) is 47.4 Å². The van der Waals surface area contributed by atoms with E-state index in [1.165, 1.54) is 14.2 Å². The molecular weight excluding hydrogens is 462 g/mol. The van der Waals surface area contributed by atoms with Crippen molar-refractivity contribution >= 4 is 22.6 Å². The van der Waals surface area contributed by atoms with Gasteiger partial charge in [-0.3, -0.25) is 14.6 Å². The first-order chi connectivity index (χ1) is 17.3. The highest BCUT2D eigenvalue weighted by atomic mass is 16.5. The monoisotopic (exact) mass is 485 g/mol. The van der Waals surface area contributed by atoms with Gasteiger partial charge in [0.05, 0.1) is 19.7 Å². The van der Waals surface area contributed by atoms with Crippen LogP contribution in [0, 0.1) is 25.2 Å². The number of carbonyl (C=O) groups excluding carboxylic acids is 1. The van der Waals surface area contributed by atoms with Gasteiger partial charge < -0.3 is 24.1 Å². The minimum Gasteiger partial charge on any atom is -0.491 e. The molecule has 0 unspecified atom stereocenters. The highest BCUT2D eigenvalue weighted by molar-refractivity contribution is 6.05. The van der Waals surface area contributed by atoms with Crippen LogP contribution in [0.4, 0.5) is 5.69 Å². The largest absolute Gasteiger partial charge is 0.491 e. The number of benzene rings is 1. The molecule has 4 rings (SSSR count). The zero-order valence-corrected chi connectivity index (χ0v) is 20.4. The molecule has 0 atom stereocenters. The second kappa shape index (κ2) is 9.76. The van der Waals surface area contributed by atoms with Crippen molar-refractivity contribution < 1.29 is 19.0 Å². The van der Waals surface area contributed by atoms with Gasteiger partial charge in [-0.25, -0.2) is 4.98 Å². The molecule has 1 N–H and O–H groups in total. The van der Waals surface area contributed by atoms with E-state index in [-0.39, 0.29) is 11.1 Å². The number of anilines is 1. The van der Waals surface area contributed by atoms with E-state index in [9.17, 15) is 14.9 Å².